The van der Waals surface area contributed by atoms with E-state index >= 15 is 0 Å². The fraction of sp³-hybridized carbons (Fsp3) is 0.263. The average molecular weight is 364 g/mol. The van der Waals surface area contributed by atoms with Crippen molar-refractivity contribution >= 4 is 17.5 Å². The zero-order valence-corrected chi connectivity index (χ0v) is 14.2. The fourth-order valence-corrected chi connectivity index (χ4v) is 2.38. The van der Waals surface area contributed by atoms with Crippen molar-refractivity contribution in [2.24, 2.45) is 0 Å². The zero-order chi connectivity index (χ0) is 19.2. The van der Waals surface area contributed by atoms with E-state index in [4.69, 9.17) is 0 Å². The summed E-state index contributed by atoms with van der Waals surface area (Å²) in [6.45, 7) is 1.95. The summed E-state index contributed by atoms with van der Waals surface area (Å²) in [5.74, 6) is -0.635. The summed E-state index contributed by atoms with van der Waals surface area (Å²) in [5.41, 5.74) is 0.174. The number of benzene rings is 2. The molecule has 0 radical (unpaired) electrons. The van der Waals surface area contributed by atoms with Gasteiger partial charge in [-0.05, 0) is 23.8 Å². The second-order valence-corrected chi connectivity index (χ2v) is 5.80. The molecule has 2 rings (SSSR count). The van der Waals surface area contributed by atoms with Crippen molar-refractivity contribution in [1.29, 1.82) is 0 Å². The molecule has 0 atom stereocenters. The first-order valence-corrected chi connectivity index (χ1v) is 8.02. The van der Waals surface area contributed by atoms with Gasteiger partial charge < -0.3 is 10.2 Å². The molecule has 2 aromatic carbocycles. The monoisotopic (exact) mass is 364 g/mol. The van der Waals surface area contributed by atoms with Crippen molar-refractivity contribution in [1.82, 2.24) is 4.90 Å². The summed E-state index contributed by atoms with van der Waals surface area (Å²) in [4.78, 5) is 25.3. The molecule has 0 saturated heterocycles. The number of amides is 2. The normalized spacial score (nSPS) is 11.1. The third-order valence-corrected chi connectivity index (χ3v) is 3.74. The topological polar surface area (TPSA) is 49.4 Å². The molecule has 2 aromatic rings. The summed E-state index contributed by atoms with van der Waals surface area (Å²) in [7, 11) is 0. The van der Waals surface area contributed by atoms with Gasteiger partial charge in [0.15, 0.2) is 0 Å². The minimum absolute atomic E-state index is 0.0113. The zero-order valence-electron chi connectivity index (χ0n) is 14.2. The van der Waals surface area contributed by atoms with E-state index in [9.17, 15) is 22.8 Å². The van der Waals surface area contributed by atoms with Gasteiger partial charge in [-0.25, -0.2) is 0 Å². The maximum atomic E-state index is 12.7. The lowest BCUT2D eigenvalue weighted by atomic mass is 10.2. The number of carbonyl (C=O) groups excluding carboxylic acids is 2. The minimum atomic E-state index is -4.47. The molecule has 7 heteroatoms. The van der Waals surface area contributed by atoms with Crippen molar-refractivity contribution < 1.29 is 22.8 Å². The van der Waals surface area contributed by atoms with Crippen LogP contribution >= 0.6 is 0 Å². The molecular formula is C19H19F3N2O2. The molecule has 0 saturated carbocycles. The summed E-state index contributed by atoms with van der Waals surface area (Å²) in [5, 5.41) is 2.44. The Morgan fingerprint density at radius 3 is 2.35 bits per heavy atom. The van der Waals surface area contributed by atoms with E-state index in [1.807, 2.05) is 30.3 Å². The summed E-state index contributed by atoms with van der Waals surface area (Å²) >= 11 is 0. The molecule has 0 aromatic heterocycles. The second kappa shape index (κ2) is 8.51. The highest BCUT2D eigenvalue weighted by Gasteiger charge is 2.30. The third-order valence-electron chi connectivity index (χ3n) is 3.74. The van der Waals surface area contributed by atoms with E-state index in [0.717, 1.165) is 17.7 Å². The Morgan fingerprint density at radius 2 is 1.73 bits per heavy atom. The van der Waals surface area contributed by atoms with E-state index in [-0.39, 0.29) is 24.6 Å². The maximum Gasteiger partial charge on any atom is 0.416 e. The van der Waals surface area contributed by atoms with Crippen LogP contribution < -0.4 is 5.32 Å². The van der Waals surface area contributed by atoms with Crippen LogP contribution in [0, 0.1) is 0 Å². The van der Waals surface area contributed by atoms with Gasteiger partial charge in [0.2, 0.25) is 11.8 Å². The maximum absolute atomic E-state index is 12.7. The Hall–Kier alpha value is -2.83. The Kier molecular flexibility index (Phi) is 6.38. The Bertz CT molecular complexity index is 761. The van der Waals surface area contributed by atoms with Gasteiger partial charge in [-0.3, -0.25) is 9.59 Å². The third kappa shape index (κ3) is 5.91. The van der Waals surface area contributed by atoms with Gasteiger partial charge in [-0.15, -0.1) is 0 Å². The van der Waals surface area contributed by atoms with Crippen LogP contribution in [0.4, 0.5) is 18.9 Å². The smallest absolute Gasteiger partial charge is 0.338 e. The number of nitrogens with one attached hydrogen (secondary N) is 1. The average Bonchev–Trinajstić information content (AvgIpc) is 2.58. The minimum Gasteiger partial charge on any atom is -0.338 e. The molecule has 2 amide bonds. The van der Waals surface area contributed by atoms with E-state index in [1.54, 1.807) is 0 Å². The number of anilines is 1. The van der Waals surface area contributed by atoms with E-state index in [2.05, 4.69) is 5.32 Å². The van der Waals surface area contributed by atoms with Crippen LogP contribution in [-0.2, 0) is 22.3 Å². The highest BCUT2D eigenvalue weighted by molar-refractivity contribution is 5.91. The van der Waals surface area contributed by atoms with E-state index < -0.39 is 17.6 Å². The molecule has 138 valence electrons. The number of carbonyl (C=O) groups is 2. The van der Waals surface area contributed by atoms with Crippen LogP contribution in [0.15, 0.2) is 54.6 Å². The van der Waals surface area contributed by atoms with Gasteiger partial charge in [-0.1, -0.05) is 36.4 Å². The summed E-state index contributed by atoms with van der Waals surface area (Å²) in [6.07, 6.45) is -4.48. The van der Waals surface area contributed by atoms with Crippen LogP contribution in [0.1, 0.15) is 24.5 Å². The molecule has 0 unspecified atom stereocenters. The second-order valence-electron chi connectivity index (χ2n) is 5.80. The number of nitrogens with zero attached hydrogens (tertiary/aromatic N) is 1. The number of hydrogen-bond donors (Lipinski definition) is 1. The van der Waals surface area contributed by atoms with Gasteiger partial charge in [0, 0.05) is 32.1 Å². The molecule has 0 spiro atoms. The predicted molar refractivity (Wildman–Crippen MR) is 92.2 cm³/mol. The molecule has 0 heterocycles. The van der Waals surface area contributed by atoms with E-state index in [1.165, 1.54) is 24.0 Å². The number of halogens is 3. The van der Waals surface area contributed by atoms with Crippen molar-refractivity contribution in [3.63, 3.8) is 0 Å². The van der Waals surface area contributed by atoms with Gasteiger partial charge in [-0.2, -0.15) is 13.2 Å². The molecule has 4 nitrogen and oxygen atoms in total. The Morgan fingerprint density at radius 1 is 1.04 bits per heavy atom. The fourth-order valence-electron chi connectivity index (χ4n) is 2.38. The Labute approximate surface area is 149 Å². The molecule has 0 aliphatic rings. The molecule has 0 aliphatic heterocycles. The largest absolute Gasteiger partial charge is 0.416 e. The van der Waals surface area contributed by atoms with Crippen molar-refractivity contribution in [2.45, 2.75) is 26.1 Å². The Balaban J connectivity index is 1.93. The number of rotatable bonds is 6. The van der Waals surface area contributed by atoms with Crippen molar-refractivity contribution in [3.8, 4) is 0 Å². The van der Waals surface area contributed by atoms with Crippen molar-refractivity contribution in [3.05, 3.63) is 65.7 Å². The lowest BCUT2D eigenvalue weighted by molar-refractivity contribution is -0.137. The number of alkyl halides is 3. The lowest BCUT2D eigenvalue weighted by Crippen LogP contribution is -2.31. The molecule has 26 heavy (non-hydrogen) atoms. The van der Waals surface area contributed by atoms with Gasteiger partial charge >= 0.3 is 6.18 Å². The molecule has 0 aliphatic carbocycles. The van der Waals surface area contributed by atoms with Gasteiger partial charge in [0.05, 0.1) is 5.56 Å². The van der Waals surface area contributed by atoms with Crippen LogP contribution in [0.2, 0.25) is 0 Å². The molecular weight excluding hydrogens is 345 g/mol. The van der Waals surface area contributed by atoms with Gasteiger partial charge in [0.1, 0.15) is 0 Å². The standard InChI is InChI=1S/C19H19F3N2O2/c1-14(25)24(13-15-6-3-2-4-7-15)11-10-18(26)23-17-9-5-8-16(12-17)19(20,21)22/h2-9,12H,10-11,13H2,1H3,(H,23,26). The van der Waals surface area contributed by atoms with Crippen molar-refractivity contribution in [2.75, 3.05) is 11.9 Å². The molecule has 0 bridgehead atoms. The SMILES string of the molecule is CC(=O)N(CCC(=O)Nc1cccc(C(F)(F)F)c1)Cc1ccccc1. The summed E-state index contributed by atoms with van der Waals surface area (Å²) in [6, 6.07) is 13.8. The van der Waals surface area contributed by atoms with Crippen LogP contribution in [0.25, 0.3) is 0 Å². The van der Waals surface area contributed by atoms with Gasteiger partial charge in [0.25, 0.3) is 0 Å². The quantitative estimate of drug-likeness (QED) is 0.840. The predicted octanol–water partition coefficient (Wildman–Crippen LogP) is 4.08. The summed E-state index contributed by atoms with van der Waals surface area (Å²) < 4.78 is 38.1. The molecule has 1 N–H and O–H groups in total. The van der Waals surface area contributed by atoms with Crippen LogP contribution in [0.3, 0.4) is 0 Å². The first-order valence-electron chi connectivity index (χ1n) is 8.02. The highest BCUT2D eigenvalue weighted by Crippen LogP contribution is 2.30. The lowest BCUT2D eigenvalue weighted by Gasteiger charge is -2.21. The van der Waals surface area contributed by atoms with Crippen LogP contribution in [0.5, 0.6) is 0 Å². The van der Waals surface area contributed by atoms with E-state index in [0.29, 0.717) is 6.54 Å². The van der Waals surface area contributed by atoms with Crippen LogP contribution in [-0.4, -0.2) is 23.3 Å². The first-order chi connectivity index (χ1) is 12.3. The highest BCUT2D eigenvalue weighted by atomic mass is 19.4. The molecule has 0 fully saturated rings. The first kappa shape index (κ1) is 19.5. The number of hydrogen-bond acceptors (Lipinski definition) is 2.